The zero-order valence-electron chi connectivity index (χ0n) is 22.6. The Bertz CT molecular complexity index is 856. The SMILES string of the molecule is CC[C@H](O)CCCC/C=C\C=C\C(=O)N[C@@H](C(=O)N[C@H]1C[C@H](O)CCNC(=O)/C=C\[C@@H](C)NC1=O)[C@@H](C)O. The summed E-state index contributed by atoms with van der Waals surface area (Å²) in [6.07, 6.45) is 10.8. The summed E-state index contributed by atoms with van der Waals surface area (Å²) >= 11 is 0. The van der Waals surface area contributed by atoms with Crippen molar-refractivity contribution in [2.75, 3.05) is 6.54 Å². The van der Waals surface area contributed by atoms with Crippen molar-refractivity contribution in [2.24, 2.45) is 0 Å². The van der Waals surface area contributed by atoms with Crippen LogP contribution in [0.4, 0.5) is 0 Å². The normalized spacial score (nSPS) is 24.4. The maximum atomic E-state index is 12.9. The summed E-state index contributed by atoms with van der Waals surface area (Å²) in [4.78, 5) is 49.7. The van der Waals surface area contributed by atoms with Crippen molar-refractivity contribution < 1.29 is 34.5 Å². The summed E-state index contributed by atoms with van der Waals surface area (Å²) in [5.41, 5.74) is 0. The standard InChI is InChI=1S/C27H44N4O7/c1-4-20(33)11-9-7-5-6-8-10-12-24(36)31-25(19(3)32)27(38)30-22-17-21(34)15-16-28-23(35)14-13-18(2)29-26(22)37/h6,8,10,12-14,18-22,25,32-34H,4-5,7,9,11,15-17H2,1-3H3,(H,28,35)(H,29,37)(H,30,38)(H,31,36)/b8-6-,12-10+,14-13-/t18-,19-,20+,21-,22+,25-/m1/s1. The van der Waals surface area contributed by atoms with E-state index in [9.17, 15) is 34.5 Å². The van der Waals surface area contributed by atoms with Gasteiger partial charge in [0.05, 0.1) is 18.3 Å². The van der Waals surface area contributed by atoms with Crippen LogP contribution in [0, 0.1) is 0 Å². The van der Waals surface area contributed by atoms with E-state index in [4.69, 9.17) is 0 Å². The van der Waals surface area contributed by atoms with Crippen molar-refractivity contribution in [3.63, 3.8) is 0 Å². The number of hydrogen-bond acceptors (Lipinski definition) is 7. The molecule has 0 saturated carbocycles. The highest BCUT2D eigenvalue weighted by Gasteiger charge is 2.31. The predicted molar refractivity (Wildman–Crippen MR) is 144 cm³/mol. The van der Waals surface area contributed by atoms with Crippen molar-refractivity contribution >= 4 is 23.6 Å². The molecule has 0 aromatic carbocycles. The summed E-state index contributed by atoms with van der Waals surface area (Å²) in [7, 11) is 0. The van der Waals surface area contributed by atoms with Crippen LogP contribution in [0.25, 0.3) is 0 Å². The number of unbranched alkanes of at least 4 members (excludes halogenated alkanes) is 2. The van der Waals surface area contributed by atoms with E-state index in [1.54, 1.807) is 13.0 Å². The third kappa shape index (κ3) is 14.1. The summed E-state index contributed by atoms with van der Waals surface area (Å²) in [6.45, 7) is 5.13. The van der Waals surface area contributed by atoms with Crippen molar-refractivity contribution in [1.82, 2.24) is 21.3 Å². The minimum atomic E-state index is -1.33. The monoisotopic (exact) mass is 536 g/mol. The zero-order valence-corrected chi connectivity index (χ0v) is 22.6. The molecule has 11 nitrogen and oxygen atoms in total. The number of carbonyl (C=O) groups is 4. The fourth-order valence-electron chi connectivity index (χ4n) is 3.68. The quantitative estimate of drug-likeness (QED) is 0.105. The van der Waals surface area contributed by atoms with Gasteiger partial charge in [0.15, 0.2) is 0 Å². The van der Waals surface area contributed by atoms with Gasteiger partial charge in [0, 0.05) is 31.2 Å². The summed E-state index contributed by atoms with van der Waals surface area (Å²) < 4.78 is 0. The van der Waals surface area contributed by atoms with Gasteiger partial charge in [-0.3, -0.25) is 19.2 Å². The van der Waals surface area contributed by atoms with Gasteiger partial charge in [-0.25, -0.2) is 0 Å². The lowest BCUT2D eigenvalue weighted by molar-refractivity contribution is -0.134. The Hall–Kier alpha value is -3.02. The number of allylic oxidation sites excluding steroid dienone is 3. The van der Waals surface area contributed by atoms with Gasteiger partial charge in [-0.1, -0.05) is 37.6 Å². The zero-order chi connectivity index (χ0) is 28.5. The molecule has 214 valence electrons. The molecule has 0 aromatic rings. The fourth-order valence-corrected chi connectivity index (χ4v) is 3.68. The number of amides is 4. The van der Waals surface area contributed by atoms with Crippen LogP contribution in [-0.4, -0.2) is 81.9 Å². The van der Waals surface area contributed by atoms with E-state index in [1.807, 2.05) is 13.0 Å². The van der Waals surface area contributed by atoms with Crippen LogP contribution in [0.2, 0.25) is 0 Å². The lowest BCUT2D eigenvalue weighted by Gasteiger charge is -2.26. The van der Waals surface area contributed by atoms with E-state index in [0.717, 1.165) is 32.1 Å². The lowest BCUT2D eigenvalue weighted by Crippen LogP contribution is -2.58. The first-order valence-electron chi connectivity index (χ1n) is 13.3. The molecule has 0 unspecified atom stereocenters. The second-order valence-electron chi connectivity index (χ2n) is 9.55. The summed E-state index contributed by atoms with van der Waals surface area (Å²) in [6, 6.07) is -2.97. The number of aliphatic hydroxyl groups is 3. The van der Waals surface area contributed by atoms with E-state index in [-0.39, 0.29) is 31.4 Å². The Morgan fingerprint density at radius 3 is 2.63 bits per heavy atom. The van der Waals surface area contributed by atoms with Crippen LogP contribution in [0.5, 0.6) is 0 Å². The number of nitrogens with one attached hydrogen (secondary N) is 4. The molecule has 7 N–H and O–H groups in total. The molecule has 4 amide bonds. The highest BCUT2D eigenvalue weighted by molar-refractivity contribution is 5.95. The fraction of sp³-hybridized carbons (Fsp3) is 0.630. The summed E-state index contributed by atoms with van der Waals surface area (Å²) in [5, 5.41) is 40.2. The maximum Gasteiger partial charge on any atom is 0.245 e. The van der Waals surface area contributed by atoms with Crippen LogP contribution < -0.4 is 21.3 Å². The molecule has 0 radical (unpaired) electrons. The first-order valence-corrected chi connectivity index (χ1v) is 13.3. The van der Waals surface area contributed by atoms with E-state index < -0.39 is 48.1 Å². The van der Waals surface area contributed by atoms with Gasteiger partial charge < -0.3 is 36.6 Å². The molecule has 0 spiro atoms. The van der Waals surface area contributed by atoms with Gasteiger partial charge in [-0.05, 0) is 46.0 Å². The number of rotatable bonds is 12. The Morgan fingerprint density at radius 1 is 1.21 bits per heavy atom. The first-order chi connectivity index (χ1) is 18.0. The molecule has 1 aliphatic heterocycles. The lowest BCUT2D eigenvalue weighted by atomic mass is 10.0. The molecule has 0 fully saturated rings. The van der Waals surface area contributed by atoms with Gasteiger partial charge in [0.25, 0.3) is 0 Å². The Balaban J connectivity index is 2.71. The average Bonchev–Trinajstić information content (AvgIpc) is 2.86. The van der Waals surface area contributed by atoms with Crippen molar-refractivity contribution in [3.05, 3.63) is 36.5 Å². The van der Waals surface area contributed by atoms with Gasteiger partial charge in [-0.2, -0.15) is 0 Å². The van der Waals surface area contributed by atoms with E-state index in [1.165, 1.54) is 31.2 Å². The Labute approximate surface area is 224 Å². The topological polar surface area (TPSA) is 177 Å². The number of aliphatic hydroxyl groups excluding tert-OH is 3. The first kappa shape index (κ1) is 33.0. The molecule has 0 saturated heterocycles. The largest absolute Gasteiger partial charge is 0.393 e. The van der Waals surface area contributed by atoms with Gasteiger partial charge in [0.1, 0.15) is 12.1 Å². The Morgan fingerprint density at radius 2 is 1.95 bits per heavy atom. The van der Waals surface area contributed by atoms with Gasteiger partial charge >= 0.3 is 0 Å². The second kappa shape index (κ2) is 18.3. The summed E-state index contributed by atoms with van der Waals surface area (Å²) in [5.74, 6) is -2.28. The van der Waals surface area contributed by atoms with Crippen LogP contribution in [0.3, 0.4) is 0 Å². The average molecular weight is 537 g/mol. The van der Waals surface area contributed by atoms with E-state index >= 15 is 0 Å². The molecule has 1 heterocycles. The smallest absolute Gasteiger partial charge is 0.245 e. The molecule has 11 heteroatoms. The molecular weight excluding hydrogens is 492 g/mol. The highest BCUT2D eigenvalue weighted by atomic mass is 16.3. The minimum absolute atomic E-state index is 0.119. The highest BCUT2D eigenvalue weighted by Crippen LogP contribution is 2.07. The third-order valence-corrected chi connectivity index (χ3v) is 6.01. The van der Waals surface area contributed by atoms with Crippen LogP contribution in [0.1, 0.15) is 65.7 Å². The van der Waals surface area contributed by atoms with Gasteiger partial charge in [-0.15, -0.1) is 0 Å². The number of hydrogen-bond donors (Lipinski definition) is 7. The van der Waals surface area contributed by atoms with Gasteiger partial charge in [0.2, 0.25) is 23.6 Å². The molecular formula is C27H44N4O7. The minimum Gasteiger partial charge on any atom is -0.393 e. The van der Waals surface area contributed by atoms with Crippen LogP contribution >= 0.6 is 0 Å². The molecule has 6 atom stereocenters. The second-order valence-corrected chi connectivity index (χ2v) is 9.55. The Kier molecular flexibility index (Phi) is 15.9. The van der Waals surface area contributed by atoms with Crippen molar-refractivity contribution in [1.29, 1.82) is 0 Å². The molecule has 0 aromatic heterocycles. The molecule has 1 aliphatic rings. The maximum absolute atomic E-state index is 12.9. The number of carbonyl (C=O) groups excluding carboxylic acids is 4. The van der Waals surface area contributed by atoms with Crippen LogP contribution in [-0.2, 0) is 19.2 Å². The molecule has 1 rings (SSSR count). The molecule has 0 aliphatic carbocycles. The molecule has 0 bridgehead atoms. The predicted octanol–water partition coefficient (Wildman–Crippen LogP) is 0.112. The third-order valence-electron chi connectivity index (χ3n) is 6.01. The van der Waals surface area contributed by atoms with Crippen LogP contribution in [0.15, 0.2) is 36.5 Å². The van der Waals surface area contributed by atoms with E-state index in [2.05, 4.69) is 21.3 Å². The van der Waals surface area contributed by atoms with Crippen molar-refractivity contribution in [3.8, 4) is 0 Å². The molecule has 38 heavy (non-hydrogen) atoms. The van der Waals surface area contributed by atoms with Crippen molar-refractivity contribution in [2.45, 2.75) is 102 Å². The van der Waals surface area contributed by atoms with E-state index in [0.29, 0.717) is 0 Å².